The maximum Gasteiger partial charge on any atom is 0.0429 e. The number of benzene rings is 2. The van der Waals surface area contributed by atoms with Crippen molar-refractivity contribution in [2.24, 2.45) is 5.92 Å². The van der Waals surface area contributed by atoms with Crippen LogP contribution in [0.4, 0.5) is 0 Å². The lowest BCUT2D eigenvalue weighted by molar-refractivity contribution is 0.474. The third-order valence-corrected chi connectivity index (χ3v) is 6.01. The largest absolute Gasteiger partial charge is 0.0836 e. The summed E-state index contributed by atoms with van der Waals surface area (Å²) in [6.45, 7) is 4.43. The van der Waals surface area contributed by atoms with Crippen molar-refractivity contribution in [2.75, 3.05) is 0 Å². The third-order valence-electron chi connectivity index (χ3n) is 4.77. The number of rotatable bonds is 2. The molecule has 0 nitrogen and oxygen atoms in total. The van der Waals surface area contributed by atoms with Crippen LogP contribution in [0.5, 0.6) is 0 Å². The Morgan fingerprint density at radius 1 is 1.10 bits per heavy atom. The van der Waals surface area contributed by atoms with Gasteiger partial charge < -0.3 is 0 Å². The van der Waals surface area contributed by atoms with Gasteiger partial charge in [0.05, 0.1) is 0 Å². The van der Waals surface area contributed by atoms with Gasteiger partial charge in [0.25, 0.3) is 0 Å². The van der Waals surface area contributed by atoms with Gasteiger partial charge in [0.1, 0.15) is 0 Å². The summed E-state index contributed by atoms with van der Waals surface area (Å²) in [4.78, 5) is 0.483. The highest BCUT2D eigenvalue weighted by atomic mass is 79.9. The summed E-state index contributed by atoms with van der Waals surface area (Å²) in [5.41, 5.74) is 7.35. The molecule has 3 rings (SSSR count). The number of hydrogen-bond acceptors (Lipinski definition) is 0. The minimum atomic E-state index is 0.483. The van der Waals surface area contributed by atoms with E-state index in [1.165, 1.54) is 53.5 Å². The highest BCUT2D eigenvalue weighted by molar-refractivity contribution is 9.09. The van der Waals surface area contributed by atoms with E-state index in [-0.39, 0.29) is 0 Å². The molecule has 0 fully saturated rings. The summed E-state index contributed by atoms with van der Waals surface area (Å²) in [5.74, 6) is 0.689. The zero-order chi connectivity index (χ0) is 14.8. The molecule has 0 saturated carbocycles. The molecule has 0 saturated heterocycles. The molecule has 110 valence electrons. The predicted octanol–water partition coefficient (Wildman–Crippen LogP) is 5.93. The van der Waals surface area contributed by atoms with E-state index in [0.717, 1.165) is 0 Å². The van der Waals surface area contributed by atoms with Crippen molar-refractivity contribution in [2.45, 2.75) is 44.4 Å². The predicted molar refractivity (Wildman–Crippen MR) is 94.2 cm³/mol. The lowest BCUT2D eigenvalue weighted by atomic mass is 9.88. The van der Waals surface area contributed by atoms with Crippen LogP contribution in [-0.2, 0) is 12.8 Å². The first kappa shape index (κ1) is 14.8. The molecule has 0 spiro atoms. The van der Waals surface area contributed by atoms with Gasteiger partial charge in [0.15, 0.2) is 0 Å². The Balaban J connectivity index is 1.87. The first-order valence-electron chi connectivity index (χ1n) is 7.93. The Morgan fingerprint density at radius 3 is 2.76 bits per heavy atom. The first-order valence-corrected chi connectivity index (χ1v) is 8.84. The normalized spacial score (nSPS) is 21.7. The van der Waals surface area contributed by atoms with E-state index in [2.05, 4.69) is 72.2 Å². The number of fused-ring (bicyclic) bond motifs is 1. The molecule has 21 heavy (non-hydrogen) atoms. The molecule has 0 aromatic heterocycles. The Hall–Kier alpha value is -1.08. The summed E-state index contributed by atoms with van der Waals surface area (Å²) in [6, 6.07) is 15.8. The van der Waals surface area contributed by atoms with Crippen molar-refractivity contribution in [3.63, 3.8) is 0 Å². The number of aryl methyl sites for hydroxylation is 3. The van der Waals surface area contributed by atoms with Gasteiger partial charge in [-0.1, -0.05) is 64.0 Å². The fourth-order valence-electron chi connectivity index (χ4n) is 3.49. The van der Waals surface area contributed by atoms with Gasteiger partial charge in [0.2, 0.25) is 0 Å². The average Bonchev–Trinajstić information content (AvgIpc) is 2.64. The SMILES string of the molecule is Cc1ccc(C)c(CC2CCCc3ccccc3C2Br)c1. The summed E-state index contributed by atoms with van der Waals surface area (Å²) >= 11 is 4.00. The lowest BCUT2D eigenvalue weighted by Crippen LogP contribution is -2.11. The molecular formula is C20H23Br. The molecule has 0 heterocycles. The van der Waals surface area contributed by atoms with Crippen molar-refractivity contribution in [1.82, 2.24) is 0 Å². The van der Waals surface area contributed by atoms with Gasteiger partial charge in [-0.3, -0.25) is 0 Å². The molecule has 1 heteroatoms. The van der Waals surface area contributed by atoms with Gasteiger partial charge in [-0.2, -0.15) is 0 Å². The Morgan fingerprint density at radius 2 is 1.90 bits per heavy atom. The van der Waals surface area contributed by atoms with Crippen LogP contribution in [0.1, 0.15) is 45.5 Å². The second-order valence-corrected chi connectivity index (χ2v) is 7.37. The Kier molecular flexibility index (Phi) is 4.49. The lowest BCUT2D eigenvalue weighted by Gasteiger charge is -2.22. The summed E-state index contributed by atoms with van der Waals surface area (Å²) in [7, 11) is 0. The fraction of sp³-hybridized carbons (Fsp3) is 0.400. The first-order chi connectivity index (χ1) is 10.1. The summed E-state index contributed by atoms with van der Waals surface area (Å²) in [6.07, 6.45) is 5.01. The van der Waals surface area contributed by atoms with E-state index in [1.807, 2.05) is 0 Å². The van der Waals surface area contributed by atoms with Crippen LogP contribution in [0.15, 0.2) is 42.5 Å². The molecule has 1 aliphatic rings. The molecule has 0 aliphatic heterocycles. The molecule has 1 aliphatic carbocycles. The zero-order valence-electron chi connectivity index (χ0n) is 12.9. The van der Waals surface area contributed by atoms with Crippen LogP contribution in [-0.4, -0.2) is 0 Å². The van der Waals surface area contributed by atoms with Crippen LogP contribution in [0, 0.1) is 19.8 Å². The Bertz CT molecular complexity index is 629. The topological polar surface area (TPSA) is 0 Å². The molecule has 2 aromatic rings. The fourth-order valence-corrected chi connectivity index (χ4v) is 4.39. The van der Waals surface area contributed by atoms with E-state index in [1.54, 1.807) is 0 Å². The highest BCUT2D eigenvalue weighted by Gasteiger charge is 2.26. The van der Waals surface area contributed by atoms with E-state index in [0.29, 0.717) is 10.7 Å². The second kappa shape index (κ2) is 6.36. The van der Waals surface area contributed by atoms with Gasteiger partial charge in [-0.25, -0.2) is 0 Å². The minimum Gasteiger partial charge on any atom is -0.0836 e. The number of alkyl halides is 1. The van der Waals surface area contributed by atoms with Crippen molar-refractivity contribution in [3.05, 3.63) is 70.3 Å². The molecule has 2 atom stereocenters. The van der Waals surface area contributed by atoms with Crippen molar-refractivity contribution in [3.8, 4) is 0 Å². The van der Waals surface area contributed by atoms with Crippen molar-refractivity contribution < 1.29 is 0 Å². The molecule has 0 radical (unpaired) electrons. The molecule has 2 aromatic carbocycles. The molecule has 0 bridgehead atoms. The summed E-state index contributed by atoms with van der Waals surface area (Å²) in [5, 5.41) is 0. The second-order valence-electron chi connectivity index (χ2n) is 6.39. The van der Waals surface area contributed by atoms with E-state index in [9.17, 15) is 0 Å². The molecule has 0 N–H and O–H groups in total. The average molecular weight is 343 g/mol. The van der Waals surface area contributed by atoms with Gasteiger partial charge in [-0.15, -0.1) is 0 Å². The molecule has 2 unspecified atom stereocenters. The smallest absolute Gasteiger partial charge is 0.0429 e. The van der Waals surface area contributed by atoms with Crippen LogP contribution in [0.25, 0.3) is 0 Å². The number of hydrogen-bond donors (Lipinski definition) is 0. The van der Waals surface area contributed by atoms with Gasteiger partial charge in [0, 0.05) is 4.83 Å². The standard InChI is InChI=1S/C20H23Br/c1-14-10-11-15(2)18(12-14)13-17-8-5-7-16-6-3-4-9-19(16)20(17)21/h3-4,6,9-12,17,20H,5,7-8,13H2,1-2H3. The van der Waals surface area contributed by atoms with Crippen molar-refractivity contribution >= 4 is 15.9 Å². The maximum absolute atomic E-state index is 4.00. The highest BCUT2D eigenvalue weighted by Crippen LogP contribution is 2.41. The van der Waals surface area contributed by atoms with Crippen molar-refractivity contribution in [1.29, 1.82) is 0 Å². The van der Waals surface area contributed by atoms with Crippen LogP contribution in [0.3, 0.4) is 0 Å². The Labute approximate surface area is 136 Å². The van der Waals surface area contributed by atoms with Gasteiger partial charge >= 0.3 is 0 Å². The van der Waals surface area contributed by atoms with Crippen LogP contribution in [0.2, 0.25) is 0 Å². The van der Waals surface area contributed by atoms with Crippen LogP contribution >= 0.6 is 15.9 Å². The van der Waals surface area contributed by atoms with E-state index in [4.69, 9.17) is 0 Å². The molecular weight excluding hydrogens is 320 g/mol. The maximum atomic E-state index is 4.00. The molecule has 0 amide bonds. The zero-order valence-corrected chi connectivity index (χ0v) is 14.5. The summed E-state index contributed by atoms with van der Waals surface area (Å²) < 4.78 is 0. The van der Waals surface area contributed by atoms with Gasteiger partial charge in [-0.05, 0) is 67.7 Å². The monoisotopic (exact) mass is 342 g/mol. The third kappa shape index (κ3) is 3.23. The minimum absolute atomic E-state index is 0.483. The van der Waals surface area contributed by atoms with E-state index >= 15 is 0 Å². The van der Waals surface area contributed by atoms with Crippen LogP contribution < -0.4 is 0 Å². The van der Waals surface area contributed by atoms with E-state index < -0.39 is 0 Å². The number of halogens is 1. The quantitative estimate of drug-likeness (QED) is 0.468.